The van der Waals surface area contributed by atoms with Gasteiger partial charge in [0.1, 0.15) is 0 Å². The molecule has 1 N–H and O–H groups in total. The minimum Gasteiger partial charge on any atom is -0.338 e. The largest absolute Gasteiger partial charge is 0.338 e. The third-order valence-electron chi connectivity index (χ3n) is 4.87. The maximum atomic E-state index is 6.02. The Balaban J connectivity index is 0.00000182. The molecule has 8 heteroatoms. The summed E-state index contributed by atoms with van der Waals surface area (Å²) in [6.45, 7) is 7.32. The van der Waals surface area contributed by atoms with E-state index in [-0.39, 0.29) is 12.4 Å². The number of benzene rings is 1. The van der Waals surface area contributed by atoms with Crippen LogP contribution in [-0.2, 0) is 6.54 Å². The van der Waals surface area contributed by atoms with Gasteiger partial charge in [0.15, 0.2) is 0 Å². The summed E-state index contributed by atoms with van der Waals surface area (Å²) >= 11 is 6.02. The number of aromatic nitrogens is 2. The summed E-state index contributed by atoms with van der Waals surface area (Å²) in [5.41, 5.74) is 0.885. The molecule has 1 aromatic heterocycles. The minimum absolute atomic E-state index is 0. The Bertz CT molecular complexity index is 681. The molecule has 0 saturated carbocycles. The van der Waals surface area contributed by atoms with Crippen LogP contribution in [0.25, 0.3) is 11.4 Å². The van der Waals surface area contributed by atoms with E-state index in [9.17, 15) is 0 Å². The topological polar surface area (TPSA) is 57.4 Å². The lowest BCUT2D eigenvalue weighted by atomic mass is 10.2. The number of piperazine rings is 1. The predicted octanol–water partition coefficient (Wildman–Crippen LogP) is 2.29. The molecular formula is C17H23Cl2N5O. The van der Waals surface area contributed by atoms with Crippen LogP contribution < -0.4 is 5.32 Å². The Morgan fingerprint density at radius 1 is 1.24 bits per heavy atom. The second-order valence-electron chi connectivity index (χ2n) is 6.48. The lowest BCUT2D eigenvalue weighted by molar-refractivity contribution is 0.0908. The van der Waals surface area contributed by atoms with Gasteiger partial charge in [-0.2, -0.15) is 4.98 Å². The first-order valence-electron chi connectivity index (χ1n) is 8.53. The van der Waals surface area contributed by atoms with Gasteiger partial charge < -0.3 is 9.84 Å². The van der Waals surface area contributed by atoms with Gasteiger partial charge in [-0.1, -0.05) is 28.9 Å². The highest BCUT2D eigenvalue weighted by Gasteiger charge is 2.26. The molecule has 6 nitrogen and oxygen atoms in total. The Hall–Kier alpha value is -1.18. The van der Waals surface area contributed by atoms with Crippen LogP contribution in [0, 0.1) is 0 Å². The van der Waals surface area contributed by atoms with E-state index >= 15 is 0 Å². The highest BCUT2D eigenvalue weighted by atomic mass is 35.5. The number of nitrogens with one attached hydrogen (secondary N) is 1. The van der Waals surface area contributed by atoms with Gasteiger partial charge in [-0.15, -0.1) is 12.4 Å². The van der Waals surface area contributed by atoms with E-state index in [0.29, 0.717) is 29.3 Å². The fourth-order valence-corrected chi connectivity index (χ4v) is 3.68. The van der Waals surface area contributed by atoms with E-state index in [0.717, 1.165) is 44.8 Å². The zero-order valence-corrected chi connectivity index (χ0v) is 15.6. The Kier molecular flexibility index (Phi) is 6.30. The number of nitrogens with zero attached hydrogens (tertiary/aromatic N) is 4. The zero-order valence-electron chi connectivity index (χ0n) is 14.0. The highest BCUT2D eigenvalue weighted by Crippen LogP contribution is 2.20. The van der Waals surface area contributed by atoms with Gasteiger partial charge in [0, 0.05) is 49.4 Å². The van der Waals surface area contributed by atoms with Crippen molar-refractivity contribution in [3.63, 3.8) is 0 Å². The summed E-state index contributed by atoms with van der Waals surface area (Å²) in [4.78, 5) is 9.49. The summed E-state index contributed by atoms with van der Waals surface area (Å²) in [6, 6.07) is 8.24. The average Bonchev–Trinajstić information content (AvgIpc) is 3.27. The summed E-state index contributed by atoms with van der Waals surface area (Å²) < 4.78 is 5.42. The van der Waals surface area contributed by atoms with Gasteiger partial charge in [0.05, 0.1) is 6.54 Å². The highest BCUT2D eigenvalue weighted by molar-refractivity contribution is 6.30. The van der Waals surface area contributed by atoms with Crippen molar-refractivity contribution in [1.82, 2.24) is 25.3 Å². The molecule has 2 aliphatic rings. The molecule has 0 amide bonds. The molecule has 2 saturated heterocycles. The normalized spacial score (nSPS) is 22.0. The fraction of sp³-hybridized carbons (Fsp3) is 0.529. The van der Waals surface area contributed by atoms with Gasteiger partial charge >= 0.3 is 0 Å². The van der Waals surface area contributed by atoms with Crippen LogP contribution in [0.2, 0.25) is 5.02 Å². The Morgan fingerprint density at radius 3 is 2.80 bits per heavy atom. The molecule has 3 heterocycles. The van der Waals surface area contributed by atoms with Gasteiger partial charge in [-0.3, -0.25) is 9.80 Å². The first kappa shape index (κ1) is 18.6. The first-order chi connectivity index (χ1) is 11.8. The predicted molar refractivity (Wildman–Crippen MR) is 100 cm³/mol. The average molecular weight is 384 g/mol. The van der Waals surface area contributed by atoms with E-state index in [1.165, 1.54) is 6.42 Å². The van der Waals surface area contributed by atoms with Crippen LogP contribution in [0.4, 0.5) is 0 Å². The third kappa shape index (κ3) is 4.51. The number of rotatable bonds is 4. The molecule has 2 aliphatic heterocycles. The van der Waals surface area contributed by atoms with E-state index in [1.807, 2.05) is 24.3 Å². The van der Waals surface area contributed by atoms with Crippen LogP contribution >= 0.6 is 24.0 Å². The second-order valence-corrected chi connectivity index (χ2v) is 6.92. The molecule has 2 fully saturated rings. The van der Waals surface area contributed by atoms with Gasteiger partial charge in [-0.25, -0.2) is 0 Å². The smallest absolute Gasteiger partial charge is 0.241 e. The van der Waals surface area contributed by atoms with Gasteiger partial charge in [0.25, 0.3) is 0 Å². The van der Waals surface area contributed by atoms with Crippen LogP contribution in [0.1, 0.15) is 12.3 Å². The molecule has 1 unspecified atom stereocenters. The Labute approximate surface area is 158 Å². The maximum absolute atomic E-state index is 6.02. The second kappa shape index (κ2) is 8.47. The lowest BCUT2D eigenvalue weighted by Crippen LogP contribution is -2.50. The number of hydrogen-bond acceptors (Lipinski definition) is 6. The van der Waals surface area contributed by atoms with Crippen molar-refractivity contribution in [1.29, 1.82) is 0 Å². The lowest BCUT2D eigenvalue weighted by Gasteiger charge is -2.37. The third-order valence-corrected chi connectivity index (χ3v) is 5.10. The van der Waals surface area contributed by atoms with Gasteiger partial charge in [0.2, 0.25) is 11.7 Å². The van der Waals surface area contributed by atoms with Crippen LogP contribution in [0.5, 0.6) is 0 Å². The Morgan fingerprint density at radius 2 is 2.08 bits per heavy atom. The zero-order chi connectivity index (χ0) is 16.4. The monoisotopic (exact) mass is 383 g/mol. The molecule has 1 aromatic carbocycles. The number of halogens is 2. The molecule has 0 radical (unpaired) electrons. The SMILES string of the molecule is Cl.Clc1cccc(-c2noc(CN3CCN(C4CCNC4)CC3)n2)c1. The molecule has 25 heavy (non-hydrogen) atoms. The minimum atomic E-state index is 0. The summed E-state index contributed by atoms with van der Waals surface area (Å²) in [6.07, 6.45) is 1.27. The quantitative estimate of drug-likeness (QED) is 0.873. The molecule has 1 atom stereocenters. The van der Waals surface area contributed by atoms with E-state index in [2.05, 4.69) is 25.3 Å². The van der Waals surface area contributed by atoms with Crippen molar-refractivity contribution in [2.75, 3.05) is 39.3 Å². The van der Waals surface area contributed by atoms with Crippen molar-refractivity contribution >= 4 is 24.0 Å². The van der Waals surface area contributed by atoms with Crippen molar-refractivity contribution < 1.29 is 4.52 Å². The van der Waals surface area contributed by atoms with E-state index in [4.69, 9.17) is 16.1 Å². The molecular weight excluding hydrogens is 361 g/mol. The van der Waals surface area contributed by atoms with Gasteiger partial charge in [-0.05, 0) is 25.1 Å². The van der Waals surface area contributed by atoms with Crippen LogP contribution in [0.3, 0.4) is 0 Å². The first-order valence-corrected chi connectivity index (χ1v) is 8.91. The van der Waals surface area contributed by atoms with Crippen molar-refractivity contribution in [3.8, 4) is 11.4 Å². The van der Waals surface area contributed by atoms with E-state index in [1.54, 1.807) is 0 Å². The van der Waals surface area contributed by atoms with Crippen LogP contribution in [-0.4, -0.2) is 65.3 Å². The van der Waals surface area contributed by atoms with Crippen molar-refractivity contribution in [3.05, 3.63) is 35.2 Å². The van der Waals surface area contributed by atoms with Crippen molar-refractivity contribution in [2.45, 2.75) is 19.0 Å². The summed E-state index contributed by atoms with van der Waals surface area (Å²) in [5.74, 6) is 1.27. The van der Waals surface area contributed by atoms with Crippen LogP contribution in [0.15, 0.2) is 28.8 Å². The molecule has 136 valence electrons. The summed E-state index contributed by atoms with van der Waals surface area (Å²) in [5, 5.41) is 8.20. The standard InChI is InChI=1S/C17H22ClN5O.ClH/c18-14-3-1-2-13(10-14)17-20-16(24-21-17)12-22-6-8-23(9-7-22)15-4-5-19-11-15;/h1-3,10,15,19H,4-9,11-12H2;1H. The molecule has 0 bridgehead atoms. The molecule has 0 spiro atoms. The summed E-state index contributed by atoms with van der Waals surface area (Å²) in [7, 11) is 0. The van der Waals surface area contributed by atoms with Crippen molar-refractivity contribution in [2.24, 2.45) is 0 Å². The maximum Gasteiger partial charge on any atom is 0.241 e. The van der Waals surface area contributed by atoms with E-state index < -0.39 is 0 Å². The molecule has 4 rings (SSSR count). The fourth-order valence-electron chi connectivity index (χ4n) is 3.49. The molecule has 2 aromatic rings. The molecule has 0 aliphatic carbocycles. The number of hydrogen-bond donors (Lipinski definition) is 1.